The molecule has 2 aromatic rings. The number of aliphatic hydroxyl groups excluding tert-OH is 9. The number of hydrogen-bond acceptors (Lipinski definition) is 18. The minimum absolute atomic E-state index is 0.208. The van der Waals surface area contributed by atoms with Crippen LogP contribution in [0.2, 0.25) is 0 Å². The van der Waals surface area contributed by atoms with E-state index in [1.807, 2.05) is 6.07 Å². The molecule has 0 saturated carbocycles. The third-order valence-electron chi connectivity index (χ3n) is 8.68. The summed E-state index contributed by atoms with van der Waals surface area (Å²) in [5.41, 5.74) is 0.970. The minimum Gasteiger partial charge on any atom is -0.462 e. The number of esters is 1. The molecule has 0 aliphatic carbocycles. The summed E-state index contributed by atoms with van der Waals surface area (Å²) < 4.78 is 38.2. The first kappa shape index (κ1) is 39.6. The molecule has 0 aromatic heterocycles. The van der Waals surface area contributed by atoms with Crippen LogP contribution >= 0.6 is 0 Å². The Bertz CT molecular complexity index is 1510. The average molecular weight is 736 g/mol. The van der Waals surface area contributed by atoms with Gasteiger partial charge in [-0.05, 0) is 29.3 Å². The molecule has 2 aromatic carbocycles. The standard InChI is InChI=1S/C34H41NO17/c35-12-19(17-4-2-1-3-5-17)50-34-31(45)28(42)25(39)22(52-34)15-47-32-29(43)26(40)21(14-46-32)49-23(37)11-8-16-6-9-18(10-7-16)48-33-30(44)27(41)24(38)20(13-36)51-33/h1-11,19-22,24-34,36,38-45H,13-15H2/b11-8+/t19?,20-,21-,22-,24-,25-,26+,27+,28+,29-,30-,31-,32+,33-,34-/m1/s1. The summed E-state index contributed by atoms with van der Waals surface area (Å²) >= 11 is 0. The van der Waals surface area contributed by atoms with Crippen molar-refractivity contribution in [2.45, 2.75) is 92.1 Å². The Labute approximate surface area is 296 Å². The lowest BCUT2D eigenvalue weighted by atomic mass is 9.99. The van der Waals surface area contributed by atoms with Gasteiger partial charge in [0.1, 0.15) is 66.8 Å². The van der Waals surface area contributed by atoms with E-state index < -0.39 is 118 Å². The van der Waals surface area contributed by atoms with Crippen molar-refractivity contribution >= 4 is 12.0 Å². The Morgan fingerprint density at radius 1 is 0.788 bits per heavy atom. The Balaban J connectivity index is 1.09. The summed E-state index contributed by atoms with van der Waals surface area (Å²) in [4.78, 5) is 12.5. The van der Waals surface area contributed by atoms with Gasteiger partial charge in [0, 0.05) is 6.08 Å². The number of carbonyl (C=O) groups is 1. The molecule has 0 spiro atoms. The molecule has 3 aliphatic heterocycles. The fraction of sp³-hybridized carbons (Fsp3) is 0.529. The van der Waals surface area contributed by atoms with Crippen molar-refractivity contribution in [3.05, 3.63) is 71.8 Å². The summed E-state index contributed by atoms with van der Waals surface area (Å²) in [6.45, 7) is -1.52. The van der Waals surface area contributed by atoms with Gasteiger partial charge >= 0.3 is 5.97 Å². The van der Waals surface area contributed by atoms with Crippen molar-refractivity contribution < 1.29 is 83.9 Å². The predicted octanol–water partition coefficient (Wildman–Crippen LogP) is -3.03. The molecular formula is C34H41NO17. The van der Waals surface area contributed by atoms with Gasteiger partial charge < -0.3 is 79.1 Å². The minimum atomic E-state index is -1.75. The van der Waals surface area contributed by atoms with Gasteiger partial charge in [-0.3, -0.25) is 0 Å². The highest BCUT2D eigenvalue weighted by Gasteiger charge is 2.47. The van der Waals surface area contributed by atoms with E-state index in [1.54, 1.807) is 42.5 Å². The second kappa shape index (κ2) is 17.9. The third-order valence-corrected chi connectivity index (χ3v) is 8.68. The molecule has 18 heteroatoms. The van der Waals surface area contributed by atoms with Crippen LogP contribution in [0.25, 0.3) is 6.08 Å². The number of nitriles is 1. The van der Waals surface area contributed by atoms with Crippen LogP contribution in [-0.2, 0) is 33.2 Å². The second-order valence-electron chi connectivity index (χ2n) is 12.3. The lowest BCUT2D eigenvalue weighted by molar-refractivity contribution is -0.325. The summed E-state index contributed by atoms with van der Waals surface area (Å²) in [6, 6.07) is 16.3. The van der Waals surface area contributed by atoms with Gasteiger partial charge in [0.25, 0.3) is 0 Å². The largest absolute Gasteiger partial charge is 0.462 e. The lowest BCUT2D eigenvalue weighted by Crippen LogP contribution is -2.60. The van der Waals surface area contributed by atoms with E-state index in [2.05, 4.69) is 0 Å². The van der Waals surface area contributed by atoms with Crippen molar-refractivity contribution in [3.63, 3.8) is 0 Å². The maximum atomic E-state index is 12.5. The van der Waals surface area contributed by atoms with Crippen molar-refractivity contribution in [3.8, 4) is 11.8 Å². The molecule has 18 nitrogen and oxygen atoms in total. The van der Waals surface area contributed by atoms with Gasteiger partial charge in [0.05, 0.1) is 25.9 Å². The van der Waals surface area contributed by atoms with Gasteiger partial charge in [0.2, 0.25) is 6.29 Å². The predicted molar refractivity (Wildman–Crippen MR) is 170 cm³/mol. The number of carbonyl (C=O) groups excluding carboxylic acids is 1. The van der Waals surface area contributed by atoms with Crippen LogP contribution in [0, 0.1) is 11.3 Å². The molecule has 284 valence electrons. The van der Waals surface area contributed by atoms with Crippen molar-refractivity contribution in [2.24, 2.45) is 0 Å². The van der Waals surface area contributed by atoms with Crippen LogP contribution in [0.4, 0.5) is 0 Å². The van der Waals surface area contributed by atoms with Gasteiger partial charge in [-0.15, -0.1) is 0 Å². The normalized spacial score (nSPS) is 37.2. The molecule has 9 N–H and O–H groups in total. The fourth-order valence-electron chi connectivity index (χ4n) is 5.63. The number of nitrogens with zero attached hydrogens (tertiary/aromatic N) is 1. The maximum Gasteiger partial charge on any atom is 0.331 e. The zero-order chi connectivity index (χ0) is 37.5. The van der Waals surface area contributed by atoms with Crippen LogP contribution in [0.3, 0.4) is 0 Å². The van der Waals surface area contributed by atoms with Crippen LogP contribution in [0.5, 0.6) is 5.75 Å². The Morgan fingerprint density at radius 2 is 1.40 bits per heavy atom. The summed E-state index contributed by atoms with van der Waals surface area (Å²) in [5, 5.41) is 101. The Morgan fingerprint density at radius 3 is 2.06 bits per heavy atom. The number of rotatable bonds is 12. The van der Waals surface area contributed by atoms with E-state index >= 15 is 0 Å². The van der Waals surface area contributed by atoms with Crippen LogP contribution in [0.1, 0.15) is 17.2 Å². The number of ether oxygens (including phenoxy) is 7. The number of hydrogen-bond donors (Lipinski definition) is 9. The van der Waals surface area contributed by atoms with Crippen LogP contribution < -0.4 is 4.74 Å². The zero-order valence-electron chi connectivity index (χ0n) is 27.4. The SMILES string of the molecule is N#CC(O[C@@H]1O[C@H](CO[C@@H]2OC[C@@H](OC(=O)/C=C/c3ccc(O[C@@H]4O[C@H](CO)[C@@H](O)[C@H](O)[C@H]4O)cc3)[C@H](O)[C@H]2O)[C@@H](O)[C@H](O)[C@H]1O)c1ccccc1. The molecule has 5 rings (SSSR count). The molecule has 0 amide bonds. The first-order chi connectivity index (χ1) is 24.9. The van der Waals surface area contributed by atoms with Crippen molar-refractivity contribution in [1.29, 1.82) is 5.26 Å². The molecule has 52 heavy (non-hydrogen) atoms. The van der Waals surface area contributed by atoms with E-state index in [9.17, 15) is 56.0 Å². The van der Waals surface area contributed by atoms with Crippen LogP contribution in [0.15, 0.2) is 60.7 Å². The first-order valence-corrected chi connectivity index (χ1v) is 16.3. The fourth-order valence-corrected chi connectivity index (χ4v) is 5.63. The molecular weight excluding hydrogens is 694 g/mol. The molecule has 3 heterocycles. The number of aliphatic hydroxyl groups is 9. The summed E-state index contributed by atoms with van der Waals surface area (Å²) in [7, 11) is 0. The van der Waals surface area contributed by atoms with E-state index in [-0.39, 0.29) is 5.75 Å². The highest BCUT2D eigenvalue weighted by molar-refractivity contribution is 5.87. The molecule has 1 unspecified atom stereocenters. The van der Waals surface area contributed by atoms with Gasteiger partial charge in [0.15, 0.2) is 24.8 Å². The van der Waals surface area contributed by atoms with E-state index in [1.165, 1.54) is 18.2 Å². The monoisotopic (exact) mass is 735 g/mol. The highest BCUT2D eigenvalue weighted by atomic mass is 16.7. The van der Waals surface area contributed by atoms with Gasteiger partial charge in [-0.1, -0.05) is 42.5 Å². The average Bonchev–Trinajstić information content (AvgIpc) is 3.16. The topological polar surface area (TPSA) is 288 Å². The Kier molecular flexibility index (Phi) is 13.7. The zero-order valence-corrected chi connectivity index (χ0v) is 27.4. The third kappa shape index (κ3) is 9.29. The molecule has 15 atom stereocenters. The molecule has 0 bridgehead atoms. The van der Waals surface area contributed by atoms with Gasteiger partial charge in [-0.25, -0.2) is 4.79 Å². The van der Waals surface area contributed by atoms with E-state index in [4.69, 9.17) is 33.2 Å². The van der Waals surface area contributed by atoms with Crippen LogP contribution in [-0.4, -0.2) is 158 Å². The molecule has 3 fully saturated rings. The molecule has 0 radical (unpaired) electrons. The van der Waals surface area contributed by atoms with Crippen molar-refractivity contribution in [1.82, 2.24) is 0 Å². The lowest BCUT2D eigenvalue weighted by Gasteiger charge is -2.42. The molecule has 3 saturated heterocycles. The maximum absolute atomic E-state index is 12.5. The first-order valence-electron chi connectivity index (χ1n) is 16.3. The molecule has 3 aliphatic rings. The smallest absolute Gasteiger partial charge is 0.331 e. The quantitative estimate of drug-likeness (QED) is 0.0774. The Hall–Kier alpha value is -3.62. The number of benzene rings is 2. The van der Waals surface area contributed by atoms with E-state index in [0.717, 1.165) is 6.08 Å². The van der Waals surface area contributed by atoms with Crippen molar-refractivity contribution in [2.75, 3.05) is 19.8 Å². The summed E-state index contributed by atoms with van der Waals surface area (Å²) in [6.07, 6.45) is -20.1. The second-order valence-corrected chi connectivity index (χ2v) is 12.3. The summed E-state index contributed by atoms with van der Waals surface area (Å²) in [5.74, 6) is -0.677. The van der Waals surface area contributed by atoms with Gasteiger partial charge in [-0.2, -0.15) is 5.26 Å². The highest BCUT2D eigenvalue weighted by Crippen LogP contribution is 2.29. The van der Waals surface area contributed by atoms with E-state index in [0.29, 0.717) is 11.1 Å².